The van der Waals surface area contributed by atoms with Crippen molar-refractivity contribution in [2.24, 2.45) is 0 Å². The summed E-state index contributed by atoms with van der Waals surface area (Å²) in [7, 11) is 0. The van der Waals surface area contributed by atoms with E-state index in [9.17, 15) is 0 Å². The van der Waals surface area contributed by atoms with Gasteiger partial charge in [0.05, 0.1) is 5.60 Å². The standard InChI is InChI=1S/C16H23NOS/c1-13(14-5-3-2-4-6-14)17-15-7-9-18-16(11-15)8-10-19-12-16/h2-6,13,15,17H,7-12H2,1H3. The van der Waals surface area contributed by atoms with Crippen LogP contribution in [0.4, 0.5) is 0 Å². The molecule has 0 aliphatic carbocycles. The fourth-order valence-electron chi connectivity index (χ4n) is 3.22. The van der Waals surface area contributed by atoms with Crippen LogP contribution in [-0.2, 0) is 4.74 Å². The van der Waals surface area contributed by atoms with Crippen molar-refractivity contribution < 1.29 is 4.74 Å². The normalized spacial score (nSPS) is 32.6. The summed E-state index contributed by atoms with van der Waals surface area (Å²) >= 11 is 2.04. The molecule has 0 amide bonds. The maximum atomic E-state index is 6.08. The van der Waals surface area contributed by atoms with Crippen molar-refractivity contribution in [3.05, 3.63) is 35.9 Å². The van der Waals surface area contributed by atoms with Gasteiger partial charge in [-0.25, -0.2) is 0 Å². The summed E-state index contributed by atoms with van der Waals surface area (Å²) in [5, 5.41) is 3.80. The molecule has 3 atom stereocenters. The van der Waals surface area contributed by atoms with Gasteiger partial charge in [0.2, 0.25) is 0 Å². The minimum Gasteiger partial charge on any atom is -0.374 e. The van der Waals surface area contributed by atoms with Crippen molar-refractivity contribution in [2.75, 3.05) is 18.1 Å². The van der Waals surface area contributed by atoms with Gasteiger partial charge < -0.3 is 10.1 Å². The van der Waals surface area contributed by atoms with Crippen LogP contribution >= 0.6 is 11.8 Å². The van der Waals surface area contributed by atoms with Gasteiger partial charge in [-0.2, -0.15) is 11.8 Å². The molecule has 3 rings (SSSR count). The van der Waals surface area contributed by atoms with Gasteiger partial charge in [-0.05, 0) is 37.5 Å². The SMILES string of the molecule is CC(NC1CCOC2(CCSC2)C1)c1ccccc1. The van der Waals surface area contributed by atoms with Gasteiger partial charge in [-0.1, -0.05) is 30.3 Å². The maximum absolute atomic E-state index is 6.08. The Morgan fingerprint density at radius 2 is 2.21 bits per heavy atom. The number of hydrogen-bond acceptors (Lipinski definition) is 3. The van der Waals surface area contributed by atoms with E-state index in [1.54, 1.807) is 0 Å². The van der Waals surface area contributed by atoms with E-state index in [1.807, 2.05) is 11.8 Å². The zero-order chi connectivity index (χ0) is 13.1. The molecule has 3 unspecified atom stereocenters. The smallest absolute Gasteiger partial charge is 0.0795 e. The molecule has 0 radical (unpaired) electrons. The van der Waals surface area contributed by atoms with Crippen molar-refractivity contribution in [1.82, 2.24) is 5.32 Å². The number of nitrogens with one attached hydrogen (secondary N) is 1. The molecule has 3 heteroatoms. The van der Waals surface area contributed by atoms with Crippen molar-refractivity contribution in [3.8, 4) is 0 Å². The monoisotopic (exact) mass is 277 g/mol. The predicted octanol–water partition coefficient (Wildman–Crippen LogP) is 3.39. The van der Waals surface area contributed by atoms with Crippen LogP contribution in [0.3, 0.4) is 0 Å². The van der Waals surface area contributed by atoms with Crippen LogP contribution < -0.4 is 5.32 Å². The van der Waals surface area contributed by atoms with Crippen LogP contribution in [0.2, 0.25) is 0 Å². The largest absolute Gasteiger partial charge is 0.374 e. The molecule has 104 valence electrons. The Morgan fingerprint density at radius 1 is 1.37 bits per heavy atom. The molecule has 1 spiro atoms. The molecule has 2 nitrogen and oxygen atoms in total. The average Bonchev–Trinajstić information content (AvgIpc) is 2.88. The first-order valence-electron chi connectivity index (χ1n) is 7.30. The fourth-order valence-corrected chi connectivity index (χ4v) is 4.60. The lowest BCUT2D eigenvalue weighted by Crippen LogP contribution is -2.47. The van der Waals surface area contributed by atoms with Gasteiger partial charge in [-0.3, -0.25) is 0 Å². The van der Waals surface area contributed by atoms with E-state index in [0.29, 0.717) is 12.1 Å². The van der Waals surface area contributed by atoms with Crippen molar-refractivity contribution in [1.29, 1.82) is 0 Å². The Balaban J connectivity index is 1.60. The molecule has 1 aromatic carbocycles. The van der Waals surface area contributed by atoms with E-state index in [-0.39, 0.29) is 5.60 Å². The van der Waals surface area contributed by atoms with Crippen molar-refractivity contribution in [3.63, 3.8) is 0 Å². The van der Waals surface area contributed by atoms with E-state index >= 15 is 0 Å². The molecule has 2 aliphatic heterocycles. The highest BCUT2D eigenvalue weighted by Crippen LogP contribution is 2.38. The zero-order valence-electron chi connectivity index (χ0n) is 11.6. The average molecular weight is 277 g/mol. The summed E-state index contributed by atoms with van der Waals surface area (Å²) in [5.74, 6) is 2.45. The fraction of sp³-hybridized carbons (Fsp3) is 0.625. The Labute approximate surface area is 120 Å². The summed E-state index contributed by atoms with van der Waals surface area (Å²) in [6.07, 6.45) is 3.55. The number of ether oxygens (including phenoxy) is 1. The molecule has 19 heavy (non-hydrogen) atoms. The molecule has 1 N–H and O–H groups in total. The van der Waals surface area contributed by atoms with Crippen LogP contribution in [0.15, 0.2) is 30.3 Å². The van der Waals surface area contributed by atoms with E-state index in [2.05, 4.69) is 42.6 Å². The zero-order valence-corrected chi connectivity index (χ0v) is 12.4. The Bertz CT molecular complexity index is 402. The molecule has 2 aliphatic rings. The van der Waals surface area contributed by atoms with Gasteiger partial charge >= 0.3 is 0 Å². The number of hydrogen-bond donors (Lipinski definition) is 1. The number of thioether (sulfide) groups is 1. The third-order valence-corrected chi connectivity index (χ3v) is 5.57. The summed E-state index contributed by atoms with van der Waals surface area (Å²) in [6.45, 7) is 3.18. The van der Waals surface area contributed by atoms with E-state index in [1.165, 1.54) is 29.9 Å². The van der Waals surface area contributed by atoms with Gasteiger partial charge in [0.25, 0.3) is 0 Å². The Morgan fingerprint density at radius 3 is 2.95 bits per heavy atom. The third-order valence-electron chi connectivity index (χ3n) is 4.35. The second-order valence-corrected chi connectivity index (χ2v) is 6.93. The summed E-state index contributed by atoms with van der Waals surface area (Å²) in [6, 6.07) is 11.8. The van der Waals surface area contributed by atoms with Crippen molar-refractivity contribution in [2.45, 2.75) is 43.9 Å². The number of benzene rings is 1. The van der Waals surface area contributed by atoms with Gasteiger partial charge in [-0.15, -0.1) is 0 Å². The first-order valence-corrected chi connectivity index (χ1v) is 8.46. The highest BCUT2D eigenvalue weighted by molar-refractivity contribution is 7.99. The first-order chi connectivity index (χ1) is 9.27. The molecular weight excluding hydrogens is 254 g/mol. The van der Waals surface area contributed by atoms with Gasteiger partial charge in [0, 0.05) is 24.4 Å². The van der Waals surface area contributed by atoms with Gasteiger partial charge in [0.15, 0.2) is 0 Å². The lowest BCUT2D eigenvalue weighted by atomic mass is 9.89. The topological polar surface area (TPSA) is 21.3 Å². The van der Waals surface area contributed by atoms with E-state index < -0.39 is 0 Å². The van der Waals surface area contributed by atoms with Crippen LogP contribution in [0.1, 0.15) is 37.8 Å². The quantitative estimate of drug-likeness (QED) is 0.915. The molecular formula is C16H23NOS. The van der Waals surface area contributed by atoms with E-state index in [0.717, 1.165) is 13.0 Å². The summed E-state index contributed by atoms with van der Waals surface area (Å²) < 4.78 is 6.08. The second-order valence-electron chi connectivity index (χ2n) is 5.82. The predicted molar refractivity (Wildman–Crippen MR) is 81.6 cm³/mol. The maximum Gasteiger partial charge on any atom is 0.0795 e. The van der Waals surface area contributed by atoms with Crippen LogP contribution in [0.25, 0.3) is 0 Å². The molecule has 0 saturated carbocycles. The summed E-state index contributed by atoms with van der Waals surface area (Å²) in [4.78, 5) is 0. The molecule has 1 aromatic rings. The van der Waals surface area contributed by atoms with Crippen LogP contribution in [0, 0.1) is 0 Å². The Kier molecular flexibility index (Phi) is 4.15. The lowest BCUT2D eigenvalue weighted by molar-refractivity contribution is -0.0711. The van der Waals surface area contributed by atoms with Crippen LogP contribution in [-0.4, -0.2) is 29.8 Å². The first kappa shape index (κ1) is 13.5. The number of rotatable bonds is 3. The summed E-state index contributed by atoms with van der Waals surface area (Å²) in [5.41, 5.74) is 1.56. The van der Waals surface area contributed by atoms with E-state index in [4.69, 9.17) is 4.74 Å². The minimum absolute atomic E-state index is 0.178. The highest BCUT2D eigenvalue weighted by atomic mass is 32.2. The third kappa shape index (κ3) is 3.15. The molecule has 0 aromatic heterocycles. The molecule has 0 bridgehead atoms. The molecule has 2 heterocycles. The van der Waals surface area contributed by atoms with Crippen LogP contribution in [0.5, 0.6) is 0 Å². The lowest BCUT2D eigenvalue weighted by Gasteiger charge is -2.39. The second kappa shape index (κ2) is 5.86. The highest BCUT2D eigenvalue weighted by Gasteiger charge is 2.40. The minimum atomic E-state index is 0.178. The van der Waals surface area contributed by atoms with Crippen molar-refractivity contribution >= 4 is 11.8 Å². The Hall–Kier alpha value is -0.510. The molecule has 2 fully saturated rings. The van der Waals surface area contributed by atoms with Gasteiger partial charge in [0.1, 0.15) is 0 Å². The molecule has 2 saturated heterocycles.